The topological polar surface area (TPSA) is 6.48 Å². The fraction of sp³-hybridized carbons (Fsp3) is 0.625. The van der Waals surface area contributed by atoms with Gasteiger partial charge in [0.1, 0.15) is 5.82 Å². The molecule has 2 fully saturated rings. The first-order chi connectivity index (χ1) is 9.56. The molecule has 2 atom stereocenters. The van der Waals surface area contributed by atoms with Crippen molar-refractivity contribution in [1.29, 1.82) is 0 Å². The van der Waals surface area contributed by atoms with Crippen molar-refractivity contribution in [1.82, 2.24) is 4.90 Å². The second kappa shape index (κ2) is 5.53. The van der Waals surface area contributed by atoms with Gasteiger partial charge in [0.2, 0.25) is 0 Å². The summed E-state index contributed by atoms with van der Waals surface area (Å²) in [5.74, 6) is 0.289. The van der Waals surface area contributed by atoms with E-state index in [1.165, 1.54) is 31.5 Å². The molecule has 0 saturated carbocycles. The van der Waals surface area contributed by atoms with E-state index < -0.39 is 0 Å². The van der Waals surface area contributed by atoms with Crippen molar-refractivity contribution in [3.63, 3.8) is 0 Å². The molecule has 2 unspecified atom stereocenters. The molecule has 2 heterocycles. The maximum atomic E-state index is 13.3. The van der Waals surface area contributed by atoms with Crippen LogP contribution in [0, 0.1) is 11.7 Å². The van der Waals surface area contributed by atoms with Crippen molar-refractivity contribution in [3.05, 3.63) is 29.0 Å². The molecule has 0 aromatic heterocycles. The average Bonchev–Trinajstić information content (AvgIpc) is 2.84. The number of anilines is 1. The summed E-state index contributed by atoms with van der Waals surface area (Å²) in [5, 5.41) is 0.530. The van der Waals surface area contributed by atoms with Gasteiger partial charge in [-0.3, -0.25) is 4.90 Å². The highest BCUT2D eigenvalue weighted by Crippen LogP contribution is 2.35. The van der Waals surface area contributed by atoms with Crippen molar-refractivity contribution >= 4 is 17.3 Å². The molecule has 1 aromatic rings. The van der Waals surface area contributed by atoms with Gasteiger partial charge in [0, 0.05) is 25.2 Å². The molecule has 0 spiro atoms. The molecule has 0 amide bonds. The Balaban J connectivity index is 1.91. The first kappa shape index (κ1) is 14.2. The van der Waals surface area contributed by atoms with Gasteiger partial charge in [0.15, 0.2) is 0 Å². The normalized spacial score (nSPS) is 27.1. The number of halogens is 2. The predicted molar refractivity (Wildman–Crippen MR) is 82.0 cm³/mol. The molecule has 4 heteroatoms. The van der Waals surface area contributed by atoms with Gasteiger partial charge in [-0.25, -0.2) is 4.39 Å². The molecule has 2 nitrogen and oxygen atoms in total. The molecule has 1 aromatic carbocycles. The summed E-state index contributed by atoms with van der Waals surface area (Å²) in [7, 11) is 0. The minimum absolute atomic E-state index is 0.264. The number of nitrogens with zero attached hydrogens (tertiary/aromatic N) is 2. The molecule has 20 heavy (non-hydrogen) atoms. The van der Waals surface area contributed by atoms with Crippen molar-refractivity contribution in [2.45, 2.75) is 38.8 Å². The largest absolute Gasteiger partial charge is 0.364 e. The number of fused-ring (bicyclic) bond motifs is 1. The van der Waals surface area contributed by atoms with E-state index in [1.807, 2.05) is 6.07 Å². The van der Waals surface area contributed by atoms with Gasteiger partial charge in [-0.05, 0) is 43.5 Å². The van der Waals surface area contributed by atoms with Crippen LogP contribution >= 0.6 is 11.6 Å². The Bertz CT molecular complexity index is 491. The number of hydrogen-bond acceptors (Lipinski definition) is 2. The Morgan fingerprint density at radius 2 is 2.10 bits per heavy atom. The average molecular weight is 297 g/mol. The third-order valence-electron chi connectivity index (χ3n) is 4.72. The smallest absolute Gasteiger partial charge is 0.124 e. The van der Waals surface area contributed by atoms with E-state index >= 15 is 0 Å². The molecule has 2 aliphatic heterocycles. The van der Waals surface area contributed by atoms with Crippen LogP contribution in [0.5, 0.6) is 0 Å². The molecule has 2 aliphatic rings. The molecule has 0 aliphatic carbocycles. The van der Waals surface area contributed by atoms with E-state index in [1.54, 1.807) is 0 Å². The fourth-order valence-electron chi connectivity index (χ4n) is 3.61. The van der Waals surface area contributed by atoms with Crippen LogP contribution < -0.4 is 4.90 Å². The fourth-order valence-corrected chi connectivity index (χ4v) is 3.88. The summed E-state index contributed by atoms with van der Waals surface area (Å²) in [4.78, 5) is 5.01. The Hall–Kier alpha value is -0.800. The van der Waals surface area contributed by atoms with Crippen LogP contribution in [-0.2, 0) is 0 Å². The van der Waals surface area contributed by atoms with Crippen LogP contribution in [0.25, 0.3) is 0 Å². The second-order valence-electron chi connectivity index (χ2n) is 6.35. The zero-order valence-corrected chi connectivity index (χ0v) is 12.9. The van der Waals surface area contributed by atoms with Crippen LogP contribution in [0.1, 0.15) is 26.7 Å². The highest BCUT2D eigenvalue weighted by molar-refractivity contribution is 6.33. The predicted octanol–water partition coefficient (Wildman–Crippen LogP) is 3.79. The van der Waals surface area contributed by atoms with E-state index in [0.29, 0.717) is 23.0 Å². The standard InChI is InChI=1S/C16H22ClFN2/c1-11(2)16-10-19-7-3-4-13(19)9-20(16)15-6-5-12(18)8-14(15)17/h5-6,8,11,13,16H,3-4,7,9-10H2,1-2H3. The van der Waals surface area contributed by atoms with Gasteiger partial charge in [0.25, 0.3) is 0 Å². The lowest BCUT2D eigenvalue weighted by Gasteiger charge is -2.47. The summed E-state index contributed by atoms with van der Waals surface area (Å²) >= 11 is 6.28. The second-order valence-corrected chi connectivity index (χ2v) is 6.76. The Kier molecular flexibility index (Phi) is 3.91. The van der Waals surface area contributed by atoms with Crippen LogP contribution in [0.15, 0.2) is 18.2 Å². The molecular weight excluding hydrogens is 275 g/mol. The van der Waals surface area contributed by atoms with E-state index in [0.717, 1.165) is 18.8 Å². The van der Waals surface area contributed by atoms with E-state index in [2.05, 4.69) is 23.6 Å². The van der Waals surface area contributed by atoms with Gasteiger partial charge >= 0.3 is 0 Å². The summed E-state index contributed by atoms with van der Waals surface area (Å²) in [6.45, 7) is 7.83. The highest BCUT2D eigenvalue weighted by atomic mass is 35.5. The number of piperazine rings is 1. The lowest BCUT2D eigenvalue weighted by Crippen LogP contribution is -2.58. The van der Waals surface area contributed by atoms with Crippen molar-refractivity contribution < 1.29 is 4.39 Å². The summed E-state index contributed by atoms with van der Waals surface area (Å²) in [6.07, 6.45) is 2.56. The number of rotatable bonds is 2. The minimum Gasteiger partial charge on any atom is -0.364 e. The van der Waals surface area contributed by atoms with Crippen molar-refractivity contribution in [2.75, 3.05) is 24.5 Å². The van der Waals surface area contributed by atoms with Gasteiger partial charge in [-0.2, -0.15) is 0 Å². The van der Waals surface area contributed by atoms with Crippen molar-refractivity contribution in [3.8, 4) is 0 Å². The van der Waals surface area contributed by atoms with Crippen LogP contribution in [0.3, 0.4) is 0 Å². The zero-order valence-electron chi connectivity index (χ0n) is 12.1. The third kappa shape index (κ3) is 2.53. The maximum absolute atomic E-state index is 13.3. The lowest BCUT2D eigenvalue weighted by molar-refractivity contribution is 0.176. The van der Waals surface area contributed by atoms with Gasteiger partial charge in [-0.15, -0.1) is 0 Å². The van der Waals surface area contributed by atoms with Crippen molar-refractivity contribution in [2.24, 2.45) is 5.92 Å². The zero-order chi connectivity index (χ0) is 14.3. The lowest BCUT2D eigenvalue weighted by atomic mass is 9.96. The molecule has 3 rings (SSSR count). The Morgan fingerprint density at radius 1 is 1.30 bits per heavy atom. The van der Waals surface area contributed by atoms with Gasteiger partial charge in [0.05, 0.1) is 10.7 Å². The number of hydrogen-bond donors (Lipinski definition) is 0. The SMILES string of the molecule is CC(C)C1CN2CCCC2CN1c1ccc(F)cc1Cl. The first-order valence-electron chi connectivity index (χ1n) is 7.52. The molecule has 2 saturated heterocycles. The maximum Gasteiger partial charge on any atom is 0.124 e. The molecule has 0 bridgehead atoms. The highest BCUT2D eigenvalue weighted by Gasteiger charge is 2.38. The van der Waals surface area contributed by atoms with E-state index in [4.69, 9.17) is 11.6 Å². The first-order valence-corrected chi connectivity index (χ1v) is 7.90. The Labute approximate surface area is 125 Å². The molecule has 110 valence electrons. The van der Waals surface area contributed by atoms with Crippen LogP contribution in [0.2, 0.25) is 5.02 Å². The van der Waals surface area contributed by atoms with Crippen LogP contribution in [-0.4, -0.2) is 36.6 Å². The molecule has 0 radical (unpaired) electrons. The quantitative estimate of drug-likeness (QED) is 0.819. The summed E-state index contributed by atoms with van der Waals surface area (Å²) in [5.41, 5.74) is 0.985. The molecule has 0 N–H and O–H groups in total. The Morgan fingerprint density at radius 3 is 2.80 bits per heavy atom. The van der Waals surface area contributed by atoms with Gasteiger partial charge < -0.3 is 4.90 Å². The van der Waals surface area contributed by atoms with Crippen LogP contribution in [0.4, 0.5) is 10.1 Å². The molecular formula is C16H22ClFN2. The third-order valence-corrected chi connectivity index (χ3v) is 5.02. The summed E-state index contributed by atoms with van der Waals surface area (Å²) < 4.78 is 13.3. The van der Waals surface area contributed by atoms with E-state index in [-0.39, 0.29) is 5.82 Å². The monoisotopic (exact) mass is 296 g/mol. The van der Waals surface area contributed by atoms with E-state index in [9.17, 15) is 4.39 Å². The summed E-state index contributed by atoms with van der Waals surface area (Å²) in [6, 6.07) is 5.85. The minimum atomic E-state index is -0.264. The van der Waals surface area contributed by atoms with Gasteiger partial charge in [-0.1, -0.05) is 25.4 Å². The number of benzene rings is 1.